The minimum atomic E-state index is -0.968. The van der Waals surface area contributed by atoms with Gasteiger partial charge in [-0.1, -0.05) is 22.0 Å². The second kappa shape index (κ2) is 5.02. The van der Waals surface area contributed by atoms with Gasteiger partial charge in [-0.25, -0.2) is 9.78 Å². The van der Waals surface area contributed by atoms with Crippen molar-refractivity contribution >= 4 is 32.8 Å². The Balaban J connectivity index is 2.32. The Bertz CT molecular complexity index is 804. The van der Waals surface area contributed by atoms with Crippen molar-refractivity contribution in [1.29, 1.82) is 0 Å². The van der Waals surface area contributed by atoms with Crippen LogP contribution in [0.15, 0.2) is 53.3 Å². The van der Waals surface area contributed by atoms with Crippen LogP contribution in [0.2, 0.25) is 0 Å². The summed E-state index contributed by atoms with van der Waals surface area (Å²) >= 11 is 3.38. The SMILES string of the molecule is O=C(O)c1cc(-c2cccnc2)nc2cc(Br)ccc12. The normalized spacial score (nSPS) is 10.7. The van der Waals surface area contributed by atoms with E-state index in [1.165, 1.54) is 0 Å². The predicted molar refractivity (Wildman–Crippen MR) is 79.6 cm³/mol. The van der Waals surface area contributed by atoms with Gasteiger partial charge in [0, 0.05) is 27.8 Å². The lowest BCUT2D eigenvalue weighted by molar-refractivity contribution is 0.0699. The number of halogens is 1. The maximum absolute atomic E-state index is 11.4. The Morgan fingerprint density at radius 1 is 1.20 bits per heavy atom. The number of aromatic carboxylic acids is 1. The van der Waals surface area contributed by atoms with Crippen molar-refractivity contribution in [3.05, 3.63) is 58.8 Å². The second-order valence-electron chi connectivity index (χ2n) is 4.26. The van der Waals surface area contributed by atoms with Gasteiger partial charge >= 0.3 is 5.97 Å². The van der Waals surface area contributed by atoms with Gasteiger partial charge in [0.1, 0.15) is 0 Å². The highest BCUT2D eigenvalue weighted by Gasteiger charge is 2.13. The van der Waals surface area contributed by atoms with Crippen LogP contribution in [0.4, 0.5) is 0 Å². The molecule has 1 aromatic carbocycles. The lowest BCUT2D eigenvalue weighted by atomic mass is 10.1. The molecule has 0 aliphatic carbocycles. The molecule has 2 heterocycles. The number of aromatic nitrogens is 2. The molecule has 0 fully saturated rings. The molecule has 0 amide bonds. The topological polar surface area (TPSA) is 63.1 Å². The summed E-state index contributed by atoms with van der Waals surface area (Å²) in [5.41, 5.74) is 2.26. The molecule has 0 saturated carbocycles. The van der Waals surface area contributed by atoms with Crippen LogP contribution in [0, 0.1) is 0 Å². The first-order valence-corrected chi connectivity index (χ1v) is 6.68. The molecule has 4 nitrogen and oxygen atoms in total. The highest BCUT2D eigenvalue weighted by Crippen LogP contribution is 2.26. The number of pyridine rings is 2. The summed E-state index contributed by atoms with van der Waals surface area (Å²) < 4.78 is 0.858. The number of carboxylic acids is 1. The van der Waals surface area contributed by atoms with Crippen LogP contribution in [0.3, 0.4) is 0 Å². The lowest BCUT2D eigenvalue weighted by Crippen LogP contribution is -2.00. The summed E-state index contributed by atoms with van der Waals surface area (Å²) in [7, 11) is 0. The Kier molecular flexibility index (Phi) is 3.20. The molecule has 0 radical (unpaired) electrons. The summed E-state index contributed by atoms with van der Waals surface area (Å²) in [4.78, 5) is 20.0. The number of fused-ring (bicyclic) bond motifs is 1. The van der Waals surface area contributed by atoms with Gasteiger partial charge in [0.15, 0.2) is 0 Å². The van der Waals surface area contributed by atoms with Crippen molar-refractivity contribution in [2.45, 2.75) is 0 Å². The molecular weight excluding hydrogens is 320 g/mol. The fourth-order valence-corrected chi connectivity index (χ4v) is 2.39. The lowest BCUT2D eigenvalue weighted by Gasteiger charge is -2.07. The van der Waals surface area contributed by atoms with Crippen molar-refractivity contribution in [3.8, 4) is 11.3 Å². The molecule has 0 aliphatic heterocycles. The van der Waals surface area contributed by atoms with Crippen molar-refractivity contribution in [1.82, 2.24) is 9.97 Å². The molecule has 0 atom stereocenters. The van der Waals surface area contributed by atoms with Gasteiger partial charge in [0.25, 0.3) is 0 Å². The first kappa shape index (κ1) is 12.7. The molecule has 2 aromatic heterocycles. The van der Waals surface area contributed by atoms with E-state index >= 15 is 0 Å². The molecular formula is C15H9BrN2O2. The molecule has 20 heavy (non-hydrogen) atoms. The minimum Gasteiger partial charge on any atom is -0.478 e. The van der Waals surface area contributed by atoms with E-state index in [0.29, 0.717) is 16.6 Å². The van der Waals surface area contributed by atoms with E-state index < -0.39 is 5.97 Å². The van der Waals surface area contributed by atoms with Crippen LogP contribution < -0.4 is 0 Å². The van der Waals surface area contributed by atoms with E-state index in [1.54, 1.807) is 36.7 Å². The summed E-state index contributed by atoms with van der Waals surface area (Å²) in [5.74, 6) is -0.968. The number of hydrogen-bond acceptors (Lipinski definition) is 3. The van der Waals surface area contributed by atoms with E-state index in [2.05, 4.69) is 25.9 Å². The third-order valence-electron chi connectivity index (χ3n) is 2.96. The van der Waals surface area contributed by atoms with Crippen LogP contribution in [-0.2, 0) is 0 Å². The Morgan fingerprint density at radius 3 is 2.75 bits per heavy atom. The van der Waals surface area contributed by atoms with Gasteiger partial charge in [-0.15, -0.1) is 0 Å². The van der Waals surface area contributed by atoms with E-state index in [-0.39, 0.29) is 5.56 Å². The molecule has 98 valence electrons. The van der Waals surface area contributed by atoms with Crippen LogP contribution in [0.25, 0.3) is 22.2 Å². The molecule has 0 spiro atoms. The van der Waals surface area contributed by atoms with Crippen molar-refractivity contribution in [2.24, 2.45) is 0 Å². The zero-order valence-corrected chi connectivity index (χ0v) is 11.8. The number of hydrogen-bond donors (Lipinski definition) is 1. The maximum atomic E-state index is 11.4. The third-order valence-corrected chi connectivity index (χ3v) is 3.45. The molecule has 0 bridgehead atoms. The van der Waals surface area contributed by atoms with Gasteiger partial charge in [-0.3, -0.25) is 4.98 Å². The Hall–Kier alpha value is -2.27. The highest BCUT2D eigenvalue weighted by atomic mass is 79.9. The average molecular weight is 329 g/mol. The molecule has 0 aliphatic rings. The zero-order chi connectivity index (χ0) is 14.1. The highest BCUT2D eigenvalue weighted by molar-refractivity contribution is 9.10. The molecule has 3 rings (SSSR count). The van der Waals surface area contributed by atoms with Crippen molar-refractivity contribution in [3.63, 3.8) is 0 Å². The van der Waals surface area contributed by atoms with Crippen LogP contribution in [0.1, 0.15) is 10.4 Å². The first-order chi connectivity index (χ1) is 9.65. The van der Waals surface area contributed by atoms with Gasteiger partial charge in [-0.05, 0) is 30.3 Å². The fraction of sp³-hybridized carbons (Fsp3) is 0. The van der Waals surface area contributed by atoms with Gasteiger partial charge in [0.2, 0.25) is 0 Å². The molecule has 3 aromatic rings. The number of nitrogens with zero attached hydrogens (tertiary/aromatic N) is 2. The van der Waals surface area contributed by atoms with Gasteiger partial charge < -0.3 is 5.11 Å². The van der Waals surface area contributed by atoms with Gasteiger partial charge in [0.05, 0.1) is 16.8 Å². The Labute approximate surface area is 123 Å². The summed E-state index contributed by atoms with van der Waals surface area (Å²) in [5, 5.41) is 9.99. The third kappa shape index (κ3) is 2.28. The summed E-state index contributed by atoms with van der Waals surface area (Å²) in [6.45, 7) is 0. The molecule has 5 heteroatoms. The number of rotatable bonds is 2. The van der Waals surface area contributed by atoms with Crippen molar-refractivity contribution < 1.29 is 9.90 Å². The van der Waals surface area contributed by atoms with E-state index in [1.807, 2.05) is 12.1 Å². The average Bonchev–Trinajstić information content (AvgIpc) is 2.46. The van der Waals surface area contributed by atoms with E-state index in [9.17, 15) is 9.90 Å². The van der Waals surface area contributed by atoms with Crippen LogP contribution in [-0.4, -0.2) is 21.0 Å². The van der Waals surface area contributed by atoms with Gasteiger partial charge in [-0.2, -0.15) is 0 Å². The smallest absolute Gasteiger partial charge is 0.336 e. The summed E-state index contributed by atoms with van der Waals surface area (Å²) in [6, 6.07) is 10.6. The van der Waals surface area contributed by atoms with Crippen LogP contribution >= 0.6 is 15.9 Å². The Morgan fingerprint density at radius 2 is 2.05 bits per heavy atom. The predicted octanol–water partition coefficient (Wildman–Crippen LogP) is 3.76. The largest absolute Gasteiger partial charge is 0.478 e. The second-order valence-corrected chi connectivity index (χ2v) is 5.18. The quantitative estimate of drug-likeness (QED) is 0.778. The van der Waals surface area contributed by atoms with E-state index in [0.717, 1.165) is 10.0 Å². The van der Waals surface area contributed by atoms with Crippen molar-refractivity contribution in [2.75, 3.05) is 0 Å². The number of benzene rings is 1. The monoisotopic (exact) mass is 328 g/mol. The molecule has 0 unspecified atom stereocenters. The zero-order valence-electron chi connectivity index (χ0n) is 10.2. The summed E-state index contributed by atoms with van der Waals surface area (Å²) in [6.07, 6.45) is 3.33. The molecule has 1 N–H and O–H groups in total. The number of carboxylic acid groups (broad SMARTS) is 1. The fourth-order valence-electron chi connectivity index (χ4n) is 2.04. The first-order valence-electron chi connectivity index (χ1n) is 5.89. The standard InChI is InChI=1S/C15H9BrN2O2/c16-10-3-4-11-12(15(19)20)7-13(18-14(11)6-10)9-2-1-5-17-8-9/h1-8H,(H,19,20). The number of carbonyl (C=O) groups is 1. The minimum absolute atomic E-state index is 0.237. The van der Waals surface area contributed by atoms with Crippen LogP contribution in [0.5, 0.6) is 0 Å². The maximum Gasteiger partial charge on any atom is 0.336 e. The molecule has 0 saturated heterocycles. The van der Waals surface area contributed by atoms with E-state index in [4.69, 9.17) is 0 Å².